The summed E-state index contributed by atoms with van der Waals surface area (Å²) in [6.45, 7) is 6.31. The van der Waals surface area contributed by atoms with E-state index in [-0.39, 0.29) is 11.9 Å². The van der Waals surface area contributed by atoms with E-state index < -0.39 is 11.0 Å². The molecule has 2 aromatic heterocycles. The van der Waals surface area contributed by atoms with Gasteiger partial charge in [-0.2, -0.15) is 5.26 Å². The van der Waals surface area contributed by atoms with Gasteiger partial charge in [0.05, 0.1) is 17.0 Å². The quantitative estimate of drug-likeness (QED) is 0.577. The molecule has 1 aromatic carbocycles. The van der Waals surface area contributed by atoms with Crippen molar-refractivity contribution in [1.29, 1.82) is 5.26 Å². The fourth-order valence-corrected chi connectivity index (χ4v) is 4.42. The zero-order chi connectivity index (χ0) is 21.0. The number of carbonyl (C=O) groups is 1. The number of hydrogen-bond donors (Lipinski definition) is 1. The second-order valence-corrected chi connectivity index (χ2v) is 9.23. The van der Waals surface area contributed by atoms with Crippen LogP contribution in [0.3, 0.4) is 0 Å². The van der Waals surface area contributed by atoms with Crippen LogP contribution in [0.1, 0.15) is 39.2 Å². The summed E-state index contributed by atoms with van der Waals surface area (Å²) in [7, 11) is 0. The van der Waals surface area contributed by atoms with Gasteiger partial charge >= 0.3 is 6.09 Å². The average Bonchev–Trinajstić information content (AvgIpc) is 3.19. The van der Waals surface area contributed by atoms with Crippen LogP contribution in [0.5, 0.6) is 0 Å². The van der Waals surface area contributed by atoms with Gasteiger partial charge in [-0.3, -0.25) is 5.10 Å². The van der Waals surface area contributed by atoms with Crippen molar-refractivity contribution in [1.82, 2.24) is 19.5 Å². The Bertz CT molecular complexity index is 1150. The number of imidazole rings is 1. The summed E-state index contributed by atoms with van der Waals surface area (Å²) in [5.74, 6) is -0.382. The normalized spacial score (nSPS) is 16.9. The molecular formula is C20H21BrFN5O2. The van der Waals surface area contributed by atoms with E-state index in [9.17, 15) is 14.4 Å². The summed E-state index contributed by atoms with van der Waals surface area (Å²) >= 11 is 3.39. The number of rotatable bonds is 1. The molecule has 0 atom stereocenters. The smallest absolute Gasteiger partial charge is 0.410 e. The molecule has 9 heteroatoms. The van der Waals surface area contributed by atoms with Gasteiger partial charge in [0, 0.05) is 35.4 Å². The van der Waals surface area contributed by atoms with Gasteiger partial charge in [0.15, 0.2) is 5.65 Å². The molecule has 1 fully saturated rings. The standard InChI is InChI=1S/C20H21BrFN5O2/c1-19(2,3)29-18(28)26-6-4-20(11-23,5-7-26)13-10-24-27-16-14(21)8-12(22)9-15(16)25-17(13)27/h8-10,24H,4-7H2,1-3H3. The highest BCUT2D eigenvalue weighted by Crippen LogP contribution is 2.39. The number of piperidine rings is 1. The third-order valence-corrected chi connectivity index (χ3v) is 5.85. The highest BCUT2D eigenvalue weighted by atomic mass is 79.9. The SMILES string of the molecule is CC(C)(C)OC(=O)N1CCC(C#N)(c2c[nH]n3c2nc2cc(F)cc(Br)c23)CC1. The van der Waals surface area contributed by atoms with Crippen molar-refractivity contribution in [2.24, 2.45) is 0 Å². The molecule has 3 heterocycles. The number of likely N-dealkylation sites (tertiary alicyclic amines) is 1. The number of ether oxygens (including phenoxy) is 1. The highest BCUT2D eigenvalue weighted by molar-refractivity contribution is 9.10. The van der Waals surface area contributed by atoms with E-state index in [2.05, 4.69) is 32.1 Å². The summed E-state index contributed by atoms with van der Waals surface area (Å²) in [5.41, 5.74) is 1.22. The lowest BCUT2D eigenvalue weighted by Crippen LogP contribution is -2.46. The molecule has 4 rings (SSSR count). The summed E-state index contributed by atoms with van der Waals surface area (Å²) in [4.78, 5) is 18.6. The van der Waals surface area contributed by atoms with Gasteiger partial charge in [0.2, 0.25) is 0 Å². The number of nitrogens with zero attached hydrogens (tertiary/aromatic N) is 4. The molecule has 1 N–H and O–H groups in total. The lowest BCUT2D eigenvalue weighted by Gasteiger charge is -2.37. The summed E-state index contributed by atoms with van der Waals surface area (Å²) in [6.07, 6.45) is 2.35. The Morgan fingerprint density at radius 2 is 2.07 bits per heavy atom. The summed E-state index contributed by atoms with van der Waals surface area (Å²) in [6, 6.07) is 5.21. The number of hydrogen-bond acceptors (Lipinski definition) is 4. The second-order valence-electron chi connectivity index (χ2n) is 8.37. The van der Waals surface area contributed by atoms with E-state index in [1.54, 1.807) is 15.6 Å². The molecule has 1 aliphatic heterocycles. The number of amides is 1. The lowest BCUT2D eigenvalue weighted by molar-refractivity contribution is 0.0186. The number of fused-ring (bicyclic) bond motifs is 3. The Balaban J connectivity index is 1.67. The van der Waals surface area contributed by atoms with Crippen molar-refractivity contribution >= 4 is 38.7 Å². The van der Waals surface area contributed by atoms with Crippen LogP contribution in [0, 0.1) is 17.1 Å². The number of nitriles is 1. The molecule has 0 saturated carbocycles. The number of nitrogens with one attached hydrogen (secondary N) is 1. The molecule has 0 spiro atoms. The van der Waals surface area contributed by atoms with Crippen molar-refractivity contribution in [2.45, 2.75) is 44.6 Å². The minimum absolute atomic E-state index is 0.366. The van der Waals surface area contributed by atoms with Crippen LogP contribution in [-0.2, 0) is 10.2 Å². The average molecular weight is 462 g/mol. The van der Waals surface area contributed by atoms with Crippen LogP contribution in [-0.4, -0.2) is 44.3 Å². The topological polar surface area (TPSA) is 86.4 Å². The van der Waals surface area contributed by atoms with E-state index in [4.69, 9.17) is 4.74 Å². The van der Waals surface area contributed by atoms with Gasteiger partial charge in [-0.1, -0.05) is 0 Å². The van der Waals surface area contributed by atoms with E-state index in [1.165, 1.54) is 12.1 Å². The number of aromatic amines is 1. The predicted molar refractivity (Wildman–Crippen MR) is 109 cm³/mol. The van der Waals surface area contributed by atoms with Crippen LogP contribution in [0.15, 0.2) is 22.8 Å². The predicted octanol–water partition coefficient (Wildman–Crippen LogP) is 4.51. The van der Waals surface area contributed by atoms with Crippen LogP contribution >= 0.6 is 15.9 Å². The molecule has 1 amide bonds. The first kappa shape index (κ1) is 19.7. The zero-order valence-corrected chi connectivity index (χ0v) is 18.0. The molecule has 0 unspecified atom stereocenters. The first-order valence-electron chi connectivity index (χ1n) is 9.38. The first-order valence-corrected chi connectivity index (χ1v) is 10.2. The Hall–Kier alpha value is -2.60. The highest BCUT2D eigenvalue weighted by Gasteiger charge is 2.41. The number of halogens is 2. The molecule has 7 nitrogen and oxygen atoms in total. The van der Waals surface area contributed by atoms with E-state index in [0.717, 1.165) is 5.56 Å². The van der Waals surface area contributed by atoms with Gasteiger partial charge in [-0.25, -0.2) is 18.7 Å². The van der Waals surface area contributed by atoms with E-state index in [1.807, 2.05) is 20.8 Å². The van der Waals surface area contributed by atoms with E-state index in [0.29, 0.717) is 47.1 Å². The number of aromatic nitrogens is 3. The molecule has 1 aliphatic rings. The van der Waals surface area contributed by atoms with Gasteiger partial charge in [0.25, 0.3) is 0 Å². The molecular weight excluding hydrogens is 441 g/mol. The minimum atomic E-state index is -0.786. The third kappa shape index (κ3) is 3.35. The Morgan fingerprint density at radius 3 is 2.69 bits per heavy atom. The van der Waals surface area contributed by atoms with Crippen LogP contribution in [0.25, 0.3) is 16.7 Å². The van der Waals surface area contributed by atoms with Gasteiger partial charge in [-0.05, 0) is 55.6 Å². The second kappa shape index (κ2) is 6.73. The van der Waals surface area contributed by atoms with Crippen LogP contribution in [0.4, 0.5) is 9.18 Å². The van der Waals surface area contributed by atoms with Crippen LogP contribution in [0.2, 0.25) is 0 Å². The first-order chi connectivity index (χ1) is 13.6. The van der Waals surface area contributed by atoms with Crippen molar-refractivity contribution < 1.29 is 13.9 Å². The van der Waals surface area contributed by atoms with Crippen molar-refractivity contribution in [2.75, 3.05) is 13.1 Å². The Morgan fingerprint density at radius 1 is 1.38 bits per heavy atom. The maximum Gasteiger partial charge on any atom is 0.410 e. The minimum Gasteiger partial charge on any atom is -0.444 e. The molecule has 3 aromatic rings. The molecule has 0 radical (unpaired) electrons. The zero-order valence-electron chi connectivity index (χ0n) is 16.4. The number of carbonyl (C=O) groups excluding carboxylic acids is 1. The molecule has 152 valence electrons. The number of H-pyrrole nitrogens is 1. The maximum atomic E-state index is 13.8. The molecule has 1 saturated heterocycles. The molecule has 29 heavy (non-hydrogen) atoms. The van der Waals surface area contributed by atoms with Gasteiger partial charge < -0.3 is 9.64 Å². The van der Waals surface area contributed by atoms with Crippen molar-refractivity contribution in [3.8, 4) is 6.07 Å². The maximum absolute atomic E-state index is 13.8. The molecule has 0 bridgehead atoms. The van der Waals surface area contributed by atoms with Crippen molar-refractivity contribution in [3.63, 3.8) is 0 Å². The van der Waals surface area contributed by atoms with Crippen LogP contribution < -0.4 is 0 Å². The largest absolute Gasteiger partial charge is 0.444 e. The summed E-state index contributed by atoms with van der Waals surface area (Å²) in [5, 5.41) is 13.2. The third-order valence-electron chi connectivity index (χ3n) is 5.25. The summed E-state index contributed by atoms with van der Waals surface area (Å²) < 4.78 is 21.6. The van der Waals surface area contributed by atoms with Gasteiger partial charge in [-0.15, -0.1) is 0 Å². The van der Waals surface area contributed by atoms with Crippen molar-refractivity contribution in [3.05, 3.63) is 34.2 Å². The Labute approximate surface area is 175 Å². The monoisotopic (exact) mass is 461 g/mol. The fraction of sp³-hybridized carbons (Fsp3) is 0.450. The molecule has 0 aliphatic carbocycles. The van der Waals surface area contributed by atoms with E-state index >= 15 is 0 Å². The number of benzene rings is 1. The fourth-order valence-electron chi connectivity index (χ4n) is 3.82. The van der Waals surface area contributed by atoms with Gasteiger partial charge in [0.1, 0.15) is 16.9 Å². The lowest BCUT2D eigenvalue weighted by atomic mass is 9.75. The Kier molecular flexibility index (Phi) is 4.57.